The fourth-order valence-corrected chi connectivity index (χ4v) is 4.16. The maximum absolute atomic E-state index is 9.04. The number of para-hydroxylation sites is 1. The van der Waals surface area contributed by atoms with Crippen molar-refractivity contribution in [2.45, 2.75) is 58.3 Å². The number of nitrogens with zero attached hydrogens (tertiary/aromatic N) is 1. The minimum atomic E-state index is 0.417. The number of ether oxygens (including phenoxy) is 1. The van der Waals surface area contributed by atoms with E-state index in [1.165, 1.54) is 36.8 Å². The summed E-state index contributed by atoms with van der Waals surface area (Å²) in [6.45, 7) is 3.02. The summed E-state index contributed by atoms with van der Waals surface area (Å²) in [6.07, 6.45) is 13.9. The van der Waals surface area contributed by atoms with Crippen LogP contribution in [0.3, 0.4) is 0 Å². The third kappa shape index (κ3) is 8.91. The number of hydrogen-bond acceptors (Lipinski definition) is 2. The number of nitriles is 1. The van der Waals surface area contributed by atoms with Crippen LogP contribution in [0.2, 0.25) is 0 Å². The first-order valence-electron chi connectivity index (χ1n) is 12.7. The van der Waals surface area contributed by atoms with Gasteiger partial charge in [0.2, 0.25) is 0 Å². The molecule has 0 aliphatic carbocycles. The molecule has 3 aromatic carbocycles. The van der Waals surface area contributed by atoms with Gasteiger partial charge in [0.15, 0.2) is 0 Å². The SMILES string of the molecule is CCCCCCCOc1ccccc1/C=C/C(CCc1ccc(C#N)cc1)Cc1ccccc1. The zero-order chi connectivity index (χ0) is 23.8. The van der Waals surface area contributed by atoms with Gasteiger partial charge in [-0.1, -0.05) is 105 Å². The number of benzene rings is 3. The van der Waals surface area contributed by atoms with Gasteiger partial charge in [-0.05, 0) is 60.9 Å². The lowest BCUT2D eigenvalue weighted by Crippen LogP contribution is -2.04. The van der Waals surface area contributed by atoms with E-state index in [0.717, 1.165) is 43.6 Å². The van der Waals surface area contributed by atoms with Crippen molar-refractivity contribution in [3.8, 4) is 11.8 Å². The Hall–Kier alpha value is -3.31. The monoisotopic (exact) mass is 451 g/mol. The molecule has 2 nitrogen and oxygen atoms in total. The molecule has 1 unspecified atom stereocenters. The lowest BCUT2D eigenvalue weighted by molar-refractivity contribution is 0.304. The first kappa shape index (κ1) is 25.3. The molecule has 0 N–H and O–H groups in total. The average molecular weight is 452 g/mol. The molecule has 0 spiro atoms. The van der Waals surface area contributed by atoms with Crippen molar-refractivity contribution in [1.82, 2.24) is 0 Å². The Kier molecular flexibility index (Phi) is 11.0. The van der Waals surface area contributed by atoms with Crippen LogP contribution in [-0.2, 0) is 12.8 Å². The molecule has 2 heteroatoms. The summed E-state index contributed by atoms with van der Waals surface area (Å²) in [7, 11) is 0. The van der Waals surface area contributed by atoms with Crippen molar-refractivity contribution in [3.05, 3.63) is 107 Å². The van der Waals surface area contributed by atoms with Crippen LogP contribution in [0.15, 0.2) is 84.9 Å². The largest absolute Gasteiger partial charge is 0.493 e. The van der Waals surface area contributed by atoms with Gasteiger partial charge in [0.1, 0.15) is 5.75 Å². The summed E-state index contributed by atoms with van der Waals surface area (Å²) in [5, 5.41) is 9.04. The highest BCUT2D eigenvalue weighted by atomic mass is 16.5. The van der Waals surface area contributed by atoms with E-state index in [-0.39, 0.29) is 0 Å². The lowest BCUT2D eigenvalue weighted by atomic mass is 9.91. The Morgan fingerprint density at radius 2 is 1.56 bits per heavy atom. The van der Waals surface area contributed by atoms with E-state index in [0.29, 0.717) is 11.5 Å². The van der Waals surface area contributed by atoms with E-state index in [1.807, 2.05) is 12.1 Å². The van der Waals surface area contributed by atoms with Gasteiger partial charge >= 0.3 is 0 Å². The molecular formula is C32H37NO. The molecular weight excluding hydrogens is 414 g/mol. The zero-order valence-corrected chi connectivity index (χ0v) is 20.5. The molecule has 0 heterocycles. The fraction of sp³-hybridized carbons (Fsp3) is 0.344. The molecule has 1 atom stereocenters. The lowest BCUT2D eigenvalue weighted by Gasteiger charge is -2.14. The Labute approximate surface area is 205 Å². The van der Waals surface area contributed by atoms with Crippen LogP contribution in [-0.4, -0.2) is 6.61 Å². The van der Waals surface area contributed by atoms with Gasteiger partial charge in [-0.25, -0.2) is 0 Å². The Bertz CT molecular complexity index is 1030. The molecule has 0 aliphatic rings. The van der Waals surface area contributed by atoms with Gasteiger partial charge in [0, 0.05) is 5.56 Å². The highest BCUT2D eigenvalue weighted by Crippen LogP contribution is 2.23. The number of aryl methyl sites for hydroxylation is 1. The minimum absolute atomic E-state index is 0.417. The third-order valence-corrected chi connectivity index (χ3v) is 6.20. The molecule has 3 aromatic rings. The molecule has 0 radical (unpaired) electrons. The summed E-state index contributed by atoms with van der Waals surface area (Å²) in [6, 6.07) is 29.2. The van der Waals surface area contributed by atoms with E-state index in [1.54, 1.807) is 0 Å². The summed E-state index contributed by atoms with van der Waals surface area (Å²) in [5.41, 5.74) is 4.49. The van der Waals surface area contributed by atoms with Gasteiger partial charge < -0.3 is 4.74 Å². The fourth-order valence-electron chi connectivity index (χ4n) is 4.16. The second-order valence-electron chi connectivity index (χ2n) is 8.96. The number of hydrogen-bond donors (Lipinski definition) is 0. The molecule has 0 saturated carbocycles. The van der Waals surface area contributed by atoms with E-state index in [2.05, 4.69) is 91.9 Å². The smallest absolute Gasteiger partial charge is 0.126 e. The molecule has 0 fully saturated rings. The summed E-state index contributed by atoms with van der Waals surface area (Å²) >= 11 is 0. The first-order chi connectivity index (χ1) is 16.8. The Morgan fingerprint density at radius 1 is 0.824 bits per heavy atom. The molecule has 0 aromatic heterocycles. The van der Waals surface area contributed by atoms with E-state index < -0.39 is 0 Å². The predicted molar refractivity (Wildman–Crippen MR) is 143 cm³/mol. The summed E-state index contributed by atoms with van der Waals surface area (Å²) < 4.78 is 6.14. The standard InChI is InChI=1S/C32H37NO/c1-2-3-4-5-11-24-34-32-15-10-9-14-31(32)23-22-29(25-28-12-7-6-8-13-28)19-16-27-17-20-30(26-33)21-18-27/h6-10,12-15,17-18,20-23,29H,2-5,11,16,19,24-25H2,1H3/b23-22+. The van der Waals surface area contributed by atoms with Crippen LogP contribution in [0.1, 0.15) is 67.7 Å². The van der Waals surface area contributed by atoms with E-state index in [9.17, 15) is 0 Å². The van der Waals surface area contributed by atoms with Crippen LogP contribution in [0, 0.1) is 17.2 Å². The third-order valence-electron chi connectivity index (χ3n) is 6.20. The van der Waals surface area contributed by atoms with Crippen LogP contribution < -0.4 is 4.74 Å². The molecule has 176 valence electrons. The van der Waals surface area contributed by atoms with Crippen molar-refractivity contribution >= 4 is 6.08 Å². The molecule has 0 amide bonds. The second kappa shape index (κ2) is 14.8. The maximum atomic E-state index is 9.04. The highest BCUT2D eigenvalue weighted by molar-refractivity contribution is 5.57. The van der Waals surface area contributed by atoms with Crippen LogP contribution in [0.5, 0.6) is 5.75 Å². The highest BCUT2D eigenvalue weighted by Gasteiger charge is 2.09. The summed E-state index contributed by atoms with van der Waals surface area (Å²) in [5.74, 6) is 1.39. The summed E-state index contributed by atoms with van der Waals surface area (Å²) in [4.78, 5) is 0. The van der Waals surface area contributed by atoms with Gasteiger partial charge in [-0.2, -0.15) is 5.26 Å². The van der Waals surface area contributed by atoms with Crippen molar-refractivity contribution in [2.75, 3.05) is 6.61 Å². The van der Waals surface area contributed by atoms with Gasteiger partial charge in [-0.15, -0.1) is 0 Å². The van der Waals surface area contributed by atoms with Crippen LogP contribution in [0.25, 0.3) is 6.08 Å². The topological polar surface area (TPSA) is 33.0 Å². The second-order valence-corrected chi connectivity index (χ2v) is 8.96. The average Bonchev–Trinajstić information content (AvgIpc) is 2.89. The molecule has 0 aliphatic heterocycles. The normalized spacial score (nSPS) is 11.9. The van der Waals surface area contributed by atoms with Crippen LogP contribution in [0.4, 0.5) is 0 Å². The number of allylic oxidation sites excluding steroid dienone is 1. The quantitative estimate of drug-likeness (QED) is 0.230. The molecule has 0 saturated heterocycles. The molecule has 3 rings (SSSR count). The van der Waals surface area contributed by atoms with E-state index in [4.69, 9.17) is 10.00 Å². The van der Waals surface area contributed by atoms with Crippen molar-refractivity contribution in [3.63, 3.8) is 0 Å². The Morgan fingerprint density at radius 3 is 2.32 bits per heavy atom. The zero-order valence-electron chi connectivity index (χ0n) is 20.5. The Balaban J connectivity index is 1.65. The molecule has 34 heavy (non-hydrogen) atoms. The van der Waals surface area contributed by atoms with Crippen molar-refractivity contribution in [1.29, 1.82) is 5.26 Å². The number of rotatable bonds is 14. The maximum Gasteiger partial charge on any atom is 0.126 e. The first-order valence-corrected chi connectivity index (χ1v) is 12.7. The van der Waals surface area contributed by atoms with Crippen molar-refractivity contribution < 1.29 is 4.74 Å². The van der Waals surface area contributed by atoms with Crippen molar-refractivity contribution in [2.24, 2.45) is 5.92 Å². The number of unbranched alkanes of at least 4 members (excludes halogenated alkanes) is 4. The van der Waals surface area contributed by atoms with Gasteiger partial charge in [0.05, 0.1) is 18.2 Å². The minimum Gasteiger partial charge on any atom is -0.493 e. The van der Waals surface area contributed by atoms with E-state index >= 15 is 0 Å². The van der Waals surface area contributed by atoms with Gasteiger partial charge in [0.25, 0.3) is 0 Å². The van der Waals surface area contributed by atoms with Crippen LogP contribution >= 0.6 is 0 Å². The van der Waals surface area contributed by atoms with Gasteiger partial charge in [-0.3, -0.25) is 0 Å². The molecule has 0 bridgehead atoms. The predicted octanol–water partition coefficient (Wildman–Crippen LogP) is 8.41.